The Labute approximate surface area is 98.8 Å². The van der Waals surface area contributed by atoms with E-state index in [-0.39, 0.29) is 30.7 Å². The Kier molecular flexibility index (Phi) is 4.61. The topological polar surface area (TPSA) is 76.1 Å². The summed E-state index contributed by atoms with van der Waals surface area (Å²) in [4.78, 5) is 11.3. The van der Waals surface area contributed by atoms with Crippen LogP contribution in [0.5, 0.6) is 0 Å². The minimum absolute atomic E-state index is 0.0141. The van der Waals surface area contributed by atoms with Crippen molar-refractivity contribution in [1.82, 2.24) is 0 Å². The van der Waals surface area contributed by atoms with E-state index in [2.05, 4.69) is 0 Å². The number of rotatable bonds is 4. The molecule has 0 fully saturated rings. The third-order valence-corrected chi connectivity index (χ3v) is 2.25. The summed E-state index contributed by atoms with van der Waals surface area (Å²) in [5, 5.41) is 8.91. The van der Waals surface area contributed by atoms with Crippen molar-refractivity contribution < 1.29 is 13.9 Å². The van der Waals surface area contributed by atoms with Gasteiger partial charge in [-0.05, 0) is 24.6 Å². The lowest BCUT2D eigenvalue weighted by Crippen LogP contribution is -2.10. The van der Waals surface area contributed by atoms with E-state index in [9.17, 15) is 9.18 Å². The Hall–Kier alpha value is -1.93. The quantitative estimate of drug-likeness (QED) is 0.798. The third kappa shape index (κ3) is 3.26. The molecular weight excluding hydrogens is 223 g/mol. The molecule has 0 saturated heterocycles. The second kappa shape index (κ2) is 5.97. The smallest absolute Gasteiger partial charge is 0.310 e. The fourth-order valence-electron chi connectivity index (χ4n) is 1.43. The Bertz CT molecular complexity index is 466. The molecule has 0 saturated carbocycles. The van der Waals surface area contributed by atoms with Crippen LogP contribution in [0.3, 0.4) is 0 Å². The molecule has 0 atom stereocenters. The van der Waals surface area contributed by atoms with Crippen molar-refractivity contribution in [2.75, 3.05) is 6.61 Å². The number of nitriles is 1. The van der Waals surface area contributed by atoms with Gasteiger partial charge in [0.05, 0.1) is 24.7 Å². The first-order chi connectivity index (χ1) is 8.12. The van der Waals surface area contributed by atoms with E-state index >= 15 is 0 Å². The molecule has 0 aromatic heterocycles. The number of ether oxygens (including phenoxy) is 1. The summed E-state index contributed by atoms with van der Waals surface area (Å²) in [5.74, 6) is -0.991. The molecule has 90 valence electrons. The van der Waals surface area contributed by atoms with Crippen LogP contribution in [-0.2, 0) is 22.5 Å². The minimum Gasteiger partial charge on any atom is -0.466 e. The average molecular weight is 236 g/mol. The third-order valence-electron chi connectivity index (χ3n) is 2.25. The molecule has 0 bridgehead atoms. The van der Waals surface area contributed by atoms with E-state index in [1.807, 2.05) is 6.07 Å². The predicted molar refractivity (Wildman–Crippen MR) is 59.3 cm³/mol. The van der Waals surface area contributed by atoms with Crippen molar-refractivity contribution in [3.63, 3.8) is 0 Å². The monoisotopic (exact) mass is 236 g/mol. The first-order valence-electron chi connectivity index (χ1n) is 5.19. The van der Waals surface area contributed by atoms with Crippen molar-refractivity contribution in [3.8, 4) is 6.07 Å². The molecule has 1 rings (SSSR count). The van der Waals surface area contributed by atoms with Crippen LogP contribution in [0.25, 0.3) is 0 Å². The van der Waals surface area contributed by atoms with E-state index in [1.54, 1.807) is 6.92 Å². The second-order valence-electron chi connectivity index (χ2n) is 3.40. The summed E-state index contributed by atoms with van der Waals surface area (Å²) < 4.78 is 18.2. The van der Waals surface area contributed by atoms with Gasteiger partial charge in [0.25, 0.3) is 0 Å². The van der Waals surface area contributed by atoms with Gasteiger partial charge in [-0.15, -0.1) is 0 Å². The normalized spacial score (nSPS) is 9.76. The van der Waals surface area contributed by atoms with Crippen LogP contribution in [0.15, 0.2) is 12.1 Å². The maximum Gasteiger partial charge on any atom is 0.310 e. The van der Waals surface area contributed by atoms with E-state index in [0.717, 1.165) is 6.07 Å². The number of halogens is 1. The highest BCUT2D eigenvalue weighted by molar-refractivity contribution is 5.73. The van der Waals surface area contributed by atoms with Crippen LogP contribution in [0, 0.1) is 17.1 Å². The van der Waals surface area contributed by atoms with Crippen LogP contribution in [0.1, 0.15) is 23.6 Å². The molecule has 1 aromatic carbocycles. The molecule has 1 aromatic rings. The minimum atomic E-state index is -0.509. The number of esters is 1. The summed E-state index contributed by atoms with van der Waals surface area (Å²) in [7, 11) is 0. The summed E-state index contributed by atoms with van der Waals surface area (Å²) in [6, 6.07) is 4.44. The highest BCUT2D eigenvalue weighted by atomic mass is 19.1. The molecule has 0 aliphatic carbocycles. The van der Waals surface area contributed by atoms with Crippen molar-refractivity contribution in [1.29, 1.82) is 5.26 Å². The van der Waals surface area contributed by atoms with Crippen molar-refractivity contribution in [3.05, 3.63) is 34.6 Å². The average Bonchev–Trinajstić information content (AvgIpc) is 2.29. The molecule has 4 nitrogen and oxygen atoms in total. The van der Waals surface area contributed by atoms with Crippen molar-refractivity contribution >= 4 is 5.97 Å². The summed E-state index contributed by atoms with van der Waals surface area (Å²) in [5.41, 5.74) is 6.16. The Morgan fingerprint density at radius 2 is 2.24 bits per heavy atom. The lowest BCUT2D eigenvalue weighted by atomic mass is 10.0. The summed E-state index contributed by atoms with van der Waals surface area (Å²) in [6.45, 7) is 1.95. The zero-order valence-corrected chi connectivity index (χ0v) is 9.50. The molecular formula is C12H13FN2O2. The lowest BCUT2D eigenvalue weighted by molar-refractivity contribution is -0.142. The molecule has 17 heavy (non-hydrogen) atoms. The van der Waals surface area contributed by atoms with Gasteiger partial charge < -0.3 is 10.5 Å². The van der Waals surface area contributed by atoms with E-state index in [1.165, 1.54) is 6.07 Å². The van der Waals surface area contributed by atoms with Crippen LogP contribution in [0.4, 0.5) is 4.39 Å². The van der Waals surface area contributed by atoms with Gasteiger partial charge in [-0.1, -0.05) is 0 Å². The molecule has 5 heteroatoms. The molecule has 0 unspecified atom stereocenters. The number of carbonyl (C=O) groups excluding carboxylic acids is 1. The second-order valence-corrected chi connectivity index (χ2v) is 3.40. The highest BCUT2D eigenvalue weighted by Crippen LogP contribution is 2.16. The first kappa shape index (κ1) is 13.1. The maximum absolute atomic E-state index is 13.5. The standard InChI is InChI=1S/C12H13FN2O2/c1-2-17-12(16)5-8-4-11(13)10(7-15)3-9(8)6-14/h3-4H,2,5,7,15H2,1H3. The zero-order chi connectivity index (χ0) is 12.8. The van der Waals surface area contributed by atoms with Crippen LogP contribution in [-0.4, -0.2) is 12.6 Å². The molecule has 0 amide bonds. The van der Waals surface area contributed by atoms with E-state index in [4.69, 9.17) is 15.7 Å². The number of benzene rings is 1. The molecule has 0 aliphatic heterocycles. The molecule has 0 heterocycles. The number of nitrogens with two attached hydrogens (primary N) is 1. The zero-order valence-electron chi connectivity index (χ0n) is 9.50. The van der Waals surface area contributed by atoms with Gasteiger partial charge in [0.1, 0.15) is 5.82 Å². The number of carbonyl (C=O) groups is 1. The SMILES string of the molecule is CCOC(=O)Cc1cc(F)c(CN)cc1C#N. The highest BCUT2D eigenvalue weighted by Gasteiger charge is 2.12. The Morgan fingerprint density at radius 3 is 2.76 bits per heavy atom. The largest absolute Gasteiger partial charge is 0.466 e. The van der Waals surface area contributed by atoms with E-state index in [0.29, 0.717) is 5.56 Å². The number of hydrogen-bond acceptors (Lipinski definition) is 4. The van der Waals surface area contributed by atoms with Crippen LogP contribution >= 0.6 is 0 Å². The fraction of sp³-hybridized carbons (Fsp3) is 0.333. The van der Waals surface area contributed by atoms with Gasteiger partial charge in [-0.2, -0.15) is 5.26 Å². The summed E-state index contributed by atoms with van der Waals surface area (Å²) in [6.07, 6.45) is -0.113. The predicted octanol–water partition coefficient (Wildman–Crippen LogP) is 1.26. The maximum atomic E-state index is 13.5. The first-order valence-corrected chi connectivity index (χ1v) is 5.19. The van der Waals surface area contributed by atoms with Crippen molar-refractivity contribution in [2.45, 2.75) is 19.9 Å². The lowest BCUT2D eigenvalue weighted by Gasteiger charge is -2.07. The number of nitrogens with zero attached hydrogens (tertiary/aromatic N) is 1. The van der Waals surface area contributed by atoms with Gasteiger partial charge in [0, 0.05) is 12.1 Å². The Balaban J connectivity index is 3.03. The Morgan fingerprint density at radius 1 is 1.53 bits per heavy atom. The van der Waals surface area contributed by atoms with Gasteiger partial charge in [0.2, 0.25) is 0 Å². The summed E-state index contributed by atoms with van der Waals surface area (Å²) >= 11 is 0. The van der Waals surface area contributed by atoms with Crippen LogP contribution < -0.4 is 5.73 Å². The molecule has 0 spiro atoms. The van der Waals surface area contributed by atoms with Gasteiger partial charge in [-0.25, -0.2) is 4.39 Å². The van der Waals surface area contributed by atoms with Gasteiger partial charge in [-0.3, -0.25) is 4.79 Å². The van der Waals surface area contributed by atoms with Gasteiger partial charge in [0.15, 0.2) is 0 Å². The molecule has 0 radical (unpaired) electrons. The van der Waals surface area contributed by atoms with Gasteiger partial charge >= 0.3 is 5.97 Å². The van der Waals surface area contributed by atoms with Crippen molar-refractivity contribution in [2.24, 2.45) is 5.73 Å². The van der Waals surface area contributed by atoms with Crippen LogP contribution in [0.2, 0.25) is 0 Å². The number of hydrogen-bond donors (Lipinski definition) is 1. The fourth-order valence-corrected chi connectivity index (χ4v) is 1.43. The molecule has 2 N–H and O–H groups in total. The molecule has 0 aliphatic rings. The van der Waals surface area contributed by atoms with E-state index < -0.39 is 11.8 Å².